The van der Waals surface area contributed by atoms with Crippen molar-refractivity contribution in [2.75, 3.05) is 0 Å². The average molecular weight is 448 g/mol. The Morgan fingerprint density at radius 2 is 1.63 bits per heavy atom. The Bertz CT molecular complexity index is 1030. The minimum absolute atomic E-state index is 0.0180. The van der Waals surface area contributed by atoms with Crippen LogP contribution in [0.15, 0.2) is 48.0 Å². The molecule has 1 aliphatic carbocycles. The van der Waals surface area contributed by atoms with Crippen molar-refractivity contribution in [1.82, 2.24) is 4.90 Å². The van der Waals surface area contributed by atoms with Crippen LogP contribution >= 0.6 is 23.2 Å². The van der Waals surface area contributed by atoms with Gasteiger partial charge < -0.3 is 10.0 Å². The minimum Gasteiger partial charge on any atom is -0.507 e. The van der Waals surface area contributed by atoms with Gasteiger partial charge in [0, 0.05) is 11.6 Å². The highest BCUT2D eigenvalue weighted by Crippen LogP contribution is 2.43. The fourth-order valence-electron chi connectivity index (χ4n) is 4.36. The van der Waals surface area contributed by atoms with Gasteiger partial charge in [-0.3, -0.25) is 9.59 Å². The number of hydrogen-bond acceptors (Lipinski definition) is 3. The lowest BCUT2D eigenvalue weighted by molar-refractivity contribution is -0.141. The normalized spacial score (nSPS) is 22.0. The topological polar surface area (TPSA) is 57.6 Å². The second kappa shape index (κ2) is 8.40. The van der Waals surface area contributed by atoms with E-state index < -0.39 is 23.5 Å². The highest BCUT2D eigenvalue weighted by atomic mass is 35.5. The zero-order valence-electron chi connectivity index (χ0n) is 16.1. The van der Waals surface area contributed by atoms with E-state index in [0.717, 1.165) is 32.1 Å². The second-order valence-corrected chi connectivity index (χ2v) is 8.49. The molecule has 156 valence electrons. The number of hydrogen-bond donors (Lipinski definition) is 1. The lowest BCUT2D eigenvalue weighted by Gasteiger charge is -2.35. The number of likely N-dealkylation sites (tertiary alicyclic amines) is 1. The standard InChI is InChI=1S/C23H20Cl2FNO3/c24-17-11-8-14(12-18(17)25)21(28)19-20(13-6-9-15(26)10-7-13)27(23(30)22(19)29)16-4-2-1-3-5-16/h6-12,16,20,28H,1-5H2/b21-19-. The Balaban J connectivity index is 1.88. The predicted molar refractivity (Wildman–Crippen MR) is 114 cm³/mol. The van der Waals surface area contributed by atoms with Crippen LogP contribution < -0.4 is 0 Å². The highest BCUT2D eigenvalue weighted by molar-refractivity contribution is 6.47. The van der Waals surface area contributed by atoms with Gasteiger partial charge in [-0.15, -0.1) is 0 Å². The first-order valence-corrected chi connectivity index (χ1v) is 10.6. The summed E-state index contributed by atoms with van der Waals surface area (Å²) in [6.45, 7) is 0. The van der Waals surface area contributed by atoms with Crippen molar-refractivity contribution in [1.29, 1.82) is 0 Å². The molecule has 7 heteroatoms. The van der Waals surface area contributed by atoms with E-state index >= 15 is 0 Å². The van der Waals surface area contributed by atoms with Gasteiger partial charge in [-0.1, -0.05) is 54.6 Å². The van der Waals surface area contributed by atoms with E-state index in [1.54, 1.807) is 23.1 Å². The summed E-state index contributed by atoms with van der Waals surface area (Å²) in [6, 6.07) is 9.28. The molecule has 2 aliphatic rings. The molecule has 1 amide bonds. The van der Waals surface area contributed by atoms with E-state index in [0.29, 0.717) is 10.6 Å². The molecule has 2 fully saturated rings. The van der Waals surface area contributed by atoms with Crippen LogP contribution in [-0.4, -0.2) is 27.7 Å². The highest BCUT2D eigenvalue weighted by Gasteiger charge is 2.48. The molecule has 2 aromatic rings. The number of benzene rings is 2. The Hall–Kier alpha value is -2.37. The van der Waals surface area contributed by atoms with Gasteiger partial charge in [0.05, 0.1) is 21.7 Å². The van der Waals surface area contributed by atoms with E-state index in [4.69, 9.17) is 23.2 Å². The third-order valence-corrected chi connectivity index (χ3v) is 6.57. The number of aliphatic hydroxyl groups is 1. The Morgan fingerprint density at radius 1 is 0.967 bits per heavy atom. The summed E-state index contributed by atoms with van der Waals surface area (Å²) in [5, 5.41) is 11.6. The first kappa shape index (κ1) is 20.9. The van der Waals surface area contributed by atoms with Crippen LogP contribution in [0.25, 0.3) is 5.76 Å². The lowest BCUT2D eigenvalue weighted by atomic mass is 9.91. The smallest absolute Gasteiger partial charge is 0.295 e. The molecule has 1 saturated carbocycles. The summed E-state index contributed by atoms with van der Waals surface area (Å²) in [6.07, 6.45) is 4.60. The van der Waals surface area contributed by atoms with Crippen molar-refractivity contribution in [3.63, 3.8) is 0 Å². The molecule has 1 heterocycles. The maximum Gasteiger partial charge on any atom is 0.295 e. The largest absolute Gasteiger partial charge is 0.507 e. The summed E-state index contributed by atoms with van der Waals surface area (Å²) < 4.78 is 13.5. The number of ketones is 1. The van der Waals surface area contributed by atoms with Crippen LogP contribution in [-0.2, 0) is 9.59 Å². The van der Waals surface area contributed by atoms with Gasteiger partial charge in [-0.2, -0.15) is 0 Å². The van der Waals surface area contributed by atoms with E-state index in [1.165, 1.54) is 24.3 Å². The van der Waals surface area contributed by atoms with Gasteiger partial charge in [-0.05, 0) is 48.7 Å². The molecule has 1 atom stereocenters. The quantitative estimate of drug-likeness (QED) is 0.362. The Labute approximate surface area is 183 Å². The van der Waals surface area contributed by atoms with Crippen molar-refractivity contribution in [2.45, 2.75) is 44.2 Å². The molecule has 0 bridgehead atoms. The number of halogens is 3. The van der Waals surface area contributed by atoms with Crippen molar-refractivity contribution in [3.05, 3.63) is 75.0 Å². The Kier molecular flexibility index (Phi) is 5.85. The van der Waals surface area contributed by atoms with Gasteiger partial charge in [0.15, 0.2) is 0 Å². The van der Waals surface area contributed by atoms with Gasteiger partial charge >= 0.3 is 0 Å². The zero-order valence-corrected chi connectivity index (χ0v) is 17.6. The Morgan fingerprint density at radius 3 is 2.27 bits per heavy atom. The summed E-state index contributed by atoms with van der Waals surface area (Å²) in [4.78, 5) is 27.6. The number of Topliss-reactive ketones (excluding diaryl/α,β-unsaturated/α-hetero) is 1. The average Bonchev–Trinajstić information content (AvgIpc) is 3.01. The number of rotatable bonds is 3. The van der Waals surface area contributed by atoms with Crippen LogP contribution in [0.1, 0.15) is 49.3 Å². The number of carbonyl (C=O) groups is 2. The van der Waals surface area contributed by atoms with Crippen LogP contribution in [0.3, 0.4) is 0 Å². The zero-order chi connectivity index (χ0) is 21.4. The summed E-state index contributed by atoms with van der Waals surface area (Å²) in [5.74, 6) is -2.13. The molecule has 30 heavy (non-hydrogen) atoms. The molecule has 1 aliphatic heterocycles. The third-order valence-electron chi connectivity index (χ3n) is 5.83. The van der Waals surface area contributed by atoms with E-state index in [1.807, 2.05) is 0 Å². The first-order chi connectivity index (χ1) is 14.4. The molecule has 0 radical (unpaired) electrons. The SMILES string of the molecule is O=C1C(=O)N(C2CCCCC2)C(c2ccc(F)cc2)/C1=C(/O)c1ccc(Cl)c(Cl)c1. The maximum atomic E-state index is 13.5. The van der Waals surface area contributed by atoms with Crippen molar-refractivity contribution in [2.24, 2.45) is 0 Å². The van der Waals surface area contributed by atoms with Crippen LogP contribution in [0.5, 0.6) is 0 Å². The van der Waals surface area contributed by atoms with Crippen LogP contribution in [0, 0.1) is 5.82 Å². The minimum atomic E-state index is -0.789. The maximum absolute atomic E-state index is 13.5. The van der Waals surface area contributed by atoms with E-state index in [9.17, 15) is 19.1 Å². The fourth-order valence-corrected chi connectivity index (χ4v) is 4.66. The first-order valence-electron chi connectivity index (χ1n) is 9.89. The molecular weight excluding hydrogens is 428 g/mol. The number of aliphatic hydroxyl groups excluding tert-OH is 1. The second-order valence-electron chi connectivity index (χ2n) is 7.68. The van der Waals surface area contributed by atoms with Gasteiger partial charge in [0.1, 0.15) is 11.6 Å². The van der Waals surface area contributed by atoms with Gasteiger partial charge in [0.2, 0.25) is 0 Å². The third kappa shape index (κ3) is 3.72. The van der Waals surface area contributed by atoms with Crippen molar-refractivity contribution in [3.8, 4) is 0 Å². The predicted octanol–water partition coefficient (Wildman–Crippen LogP) is 5.89. The number of amides is 1. The summed E-state index contributed by atoms with van der Waals surface area (Å²) >= 11 is 12.0. The monoisotopic (exact) mass is 447 g/mol. The van der Waals surface area contributed by atoms with Gasteiger partial charge in [-0.25, -0.2) is 4.39 Å². The molecule has 0 spiro atoms. The molecular formula is C23H20Cl2FNO3. The molecule has 1 unspecified atom stereocenters. The van der Waals surface area contributed by atoms with Gasteiger partial charge in [0.25, 0.3) is 11.7 Å². The summed E-state index contributed by atoms with van der Waals surface area (Å²) in [7, 11) is 0. The van der Waals surface area contributed by atoms with Crippen LogP contribution in [0.4, 0.5) is 4.39 Å². The molecule has 2 aromatic carbocycles. The van der Waals surface area contributed by atoms with Crippen LogP contribution in [0.2, 0.25) is 10.0 Å². The lowest BCUT2D eigenvalue weighted by Crippen LogP contribution is -2.40. The summed E-state index contributed by atoms with van der Waals surface area (Å²) in [5.41, 5.74) is 0.844. The van der Waals surface area contributed by atoms with Crippen molar-refractivity contribution < 1.29 is 19.1 Å². The molecule has 1 N–H and O–H groups in total. The fraction of sp³-hybridized carbons (Fsp3) is 0.304. The van der Waals surface area contributed by atoms with Crippen molar-refractivity contribution >= 4 is 40.7 Å². The molecule has 4 rings (SSSR count). The molecule has 0 aromatic heterocycles. The number of carbonyl (C=O) groups excluding carboxylic acids is 2. The molecule has 1 saturated heterocycles. The molecule has 4 nitrogen and oxygen atoms in total. The van der Waals surface area contributed by atoms with E-state index in [2.05, 4.69) is 0 Å². The number of nitrogens with zero attached hydrogens (tertiary/aromatic N) is 1. The van der Waals surface area contributed by atoms with E-state index in [-0.39, 0.29) is 28.0 Å².